The van der Waals surface area contributed by atoms with Crippen LogP contribution in [0.5, 0.6) is 0 Å². The van der Waals surface area contributed by atoms with Gasteiger partial charge in [0, 0.05) is 0 Å². The third-order valence-corrected chi connectivity index (χ3v) is 2.86. The Labute approximate surface area is 96.4 Å². The maximum absolute atomic E-state index is 9.33. The lowest BCUT2D eigenvalue weighted by Gasteiger charge is -2.10. The molecule has 0 amide bonds. The molecule has 2 aromatic rings. The van der Waals surface area contributed by atoms with E-state index in [4.69, 9.17) is 0 Å². The summed E-state index contributed by atoms with van der Waals surface area (Å²) >= 11 is 0. The van der Waals surface area contributed by atoms with Gasteiger partial charge >= 0.3 is 0 Å². The number of hydrogen-bond acceptors (Lipinski definition) is 1. The molecular weight excluding hydrogens is 196 g/mol. The van der Waals surface area contributed by atoms with Crippen LogP contribution in [-0.2, 0) is 6.61 Å². The van der Waals surface area contributed by atoms with Crippen molar-refractivity contribution >= 4 is 0 Å². The second-order valence-electron chi connectivity index (χ2n) is 4.13. The zero-order chi connectivity index (χ0) is 11.5. The van der Waals surface area contributed by atoms with Gasteiger partial charge in [0.1, 0.15) is 0 Å². The number of rotatable bonds is 2. The Bertz CT molecular complexity index is 501. The fourth-order valence-electron chi connectivity index (χ4n) is 2.04. The van der Waals surface area contributed by atoms with Crippen LogP contribution in [0.3, 0.4) is 0 Å². The van der Waals surface area contributed by atoms with Gasteiger partial charge in [0.25, 0.3) is 0 Å². The van der Waals surface area contributed by atoms with E-state index in [-0.39, 0.29) is 6.61 Å². The van der Waals surface area contributed by atoms with Crippen LogP contribution in [0.1, 0.15) is 16.7 Å². The molecule has 16 heavy (non-hydrogen) atoms. The topological polar surface area (TPSA) is 20.2 Å². The van der Waals surface area contributed by atoms with Crippen molar-refractivity contribution in [3.05, 3.63) is 59.2 Å². The predicted octanol–water partition coefficient (Wildman–Crippen LogP) is 3.46. The Morgan fingerprint density at radius 3 is 2.38 bits per heavy atom. The van der Waals surface area contributed by atoms with E-state index in [2.05, 4.69) is 38.1 Å². The molecule has 0 fully saturated rings. The summed E-state index contributed by atoms with van der Waals surface area (Å²) in [5.41, 5.74) is 5.83. The summed E-state index contributed by atoms with van der Waals surface area (Å²) in [7, 11) is 0. The van der Waals surface area contributed by atoms with E-state index in [0.717, 1.165) is 11.1 Å². The number of benzene rings is 2. The molecule has 0 radical (unpaired) electrons. The Morgan fingerprint density at radius 2 is 1.69 bits per heavy atom. The highest BCUT2D eigenvalue weighted by Gasteiger charge is 2.05. The molecule has 2 aromatic carbocycles. The van der Waals surface area contributed by atoms with E-state index in [1.54, 1.807) is 0 Å². The van der Waals surface area contributed by atoms with Crippen LogP contribution in [0.25, 0.3) is 11.1 Å². The molecule has 0 heterocycles. The van der Waals surface area contributed by atoms with E-state index < -0.39 is 0 Å². The number of aliphatic hydroxyl groups excluding tert-OH is 1. The molecule has 0 spiro atoms. The molecule has 0 aromatic heterocycles. The van der Waals surface area contributed by atoms with Gasteiger partial charge < -0.3 is 5.11 Å². The van der Waals surface area contributed by atoms with Crippen molar-refractivity contribution in [1.29, 1.82) is 0 Å². The van der Waals surface area contributed by atoms with Crippen LogP contribution in [0.2, 0.25) is 0 Å². The first kappa shape index (κ1) is 10.9. The average Bonchev–Trinajstić information content (AvgIpc) is 2.29. The van der Waals surface area contributed by atoms with Gasteiger partial charge in [-0.2, -0.15) is 0 Å². The van der Waals surface area contributed by atoms with Gasteiger partial charge in [-0.05, 0) is 36.1 Å². The highest BCUT2D eigenvalue weighted by atomic mass is 16.3. The van der Waals surface area contributed by atoms with Crippen molar-refractivity contribution in [3.8, 4) is 11.1 Å². The minimum absolute atomic E-state index is 0.0868. The molecule has 0 atom stereocenters. The standard InChI is InChI=1S/C15H16O/c1-11-7-8-14(12(2)9-11)15-6-4-3-5-13(15)10-16/h3-9,16H,10H2,1-2H3. The van der Waals surface area contributed by atoms with E-state index in [1.807, 2.05) is 18.2 Å². The summed E-state index contributed by atoms with van der Waals surface area (Å²) in [5.74, 6) is 0. The number of hydrogen-bond donors (Lipinski definition) is 1. The molecule has 0 bridgehead atoms. The Hall–Kier alpha value is -1.60. The Morgan fingerprint density at radius 1 is 0.938 bits per heavy atom. The van der Waals surface area contributed by atoms with Crippen LogP contribution >= 0.6 is 0 Å². The molecule has 0 aliphatic rings. The largest absolute Gasteiger partial charge is 0.392 e. The predicted molar refractivity (Wildman–Crippen MR) is 67.3 cm³/mol. The molecule has 0 unspecified atom stereocenters. The van der Waals surface area contributed by atoms with Crippen LogP contribution in [0.15, 0.2) is 42.5 Å². The average molecular weight is 212 g/mol. The number of aliphatic hydroxyl groups is 1. The van der Waals surface area contributed by atoms with E-state index in [0.29, 0.717) is 0 Å². The van der Waals surface area contributed by atoms with Crippen LogP contribution in [0, 0.1) is 13.8 Å². The summed E-state index contributed by atoms with van der Waals surface area (Å²) in [6.45, 7) is 4.29. The molecule has 1 nitrogen and oxygen atoms in total. The quantitative estimate of drug-likeness (QED) is 0.808. The van der Waals surface area contributed by atoms with Gasteiger partial charge in [0.05, 0.1) is 6.61 Å². The van der Waals surface area contributed by atoms with Crippen molar-refractivity contribution in [2.45, 2.75) is 20.5 Å². The minimum Gasteiger partial charge on any atom is -0.392 e. The van der Waals surface area contributed by atoms with Gasteiger partial charge in [0.15, 0.2) is 0 Å². The summed E-state index contributed by atoms with van der Waals surface area (Å²) < 4.78 is 0. The van der Waals surface area contributed by atoms with Crippen LogP contribution < -0.4 is 0 Å². The number of aryl methyl sites for hydroxylation is 2. The maximum atomic E-state index is 9.33. The lowest BCUT2D eigenvalue weighted by molar-refractivity contribution is 0.282. The van der Waals surface area contributed by atoms with Gasteiger partial charge in [0.2, 0.25) is 0 Å². The highest BCUT2D eigenvalue weighted by molar-refractivity contribution is 5.70. The molecule has 82 valence electrons. The summed E-state index contributed by atoms with van der Waals surface area (Å²) in [6.07, 6.45) is 0. The zero-order valence-electron chi connectivity index (χ0n) is 9.70. The summed E-state index contributed by atoms with van der Waals surface area (Å²) in [4.78, 5) is 0. The fraction of sp³-hybridized carbons (Fsp3) is 0.200. The second-order valence-corrected chi connectivity index (χ2v) is 4.13. The highest BCUT2D eigenvalue weighted by Crippen LogP contribution is 2.27. The van der Waals surface area contributed by atoms with E-state index in [1.165, 1.54) is 16.7 Å². The first-order chi connectivity index (χ1) is 7.72. The monoisotopic (exact) mass is 212 g/mol. The SMILES string of the molecule is Cc1ccc(-c2ccccc2CO)c(C)c1. The molecule has 0 saturated carbocycles. The zero-order valence-corrected chi connectivity index (χ0v) is 9.70. The Balaban J connectivity index is 2.58. The summed E-state index contributed by atoms with van der Waals surface area (Å²) in [5, 5.41) is 9.33. The molecule has 2 rings (SSSR count). The van der Waals surface area contributed by atoms with Crippen molar-refractivity contribution in [3.63, 3.8) is 0 Å². The van der Waals surface area contributed by atoms with Crippen molar-refractivity contribution in [2.75, 3.05) is 0 Å². The van der Waals surface area contributed by atoms with Crippen molar-refractivity contribution in [1.82, 2.24) is 0 Å². The molecule has 1 heteroatoms. The smallest absolute Gasteiger partial charge is 0.0687 e. The van der Waals surface area contributed by atoms with Gasteiger partial charge in [-0.15, -0.1) is 0 Å². The van der Waals surface area contributed by atoms with Crippen molar-refractivity contribution in [2.24, 2.45) is 0 Å². The van der Waals surface area contributed by atoms with Gasteiger partial charge in [-0.25, -0.2) is 0 Å². The minimum atomic E-state index is 0.0868. The fourth-order valence-corrected chi connectivity index (χ4v) is 2.04. The molecule has 1 N–H and O–H groups in total. The van der Waals surface area contributed by atoms with Crippen LogP contribution in [0.4, 0.5) is 0 Å². The third kappa shape index (κ3) is 2.00. The molecule has 0 saturated heterocycles. The Kier molecular flexibility index (Phi) is 3.07. The van der Waals surface area contributed by atoms with Gasteiger partial charge in [-0.3, -0.25) is 0 Å². The van der Waals surface area contributed by atoms with Crippen molar-refractivity contribution < 1.29 is 5.11 Å². The lowest BCUT2D eigenvalue weighted by atomic mass is 9.95. The maximum Gasteiger partial charge on any atom is 0.0687 e. The first-order valence-corrected chi connectivity index (χ1v) is 5.49. The van der Waals surface area contributed by atoms with E-state index >= 15 is 0 Å². The lowest BCUT2D eigenvalue weighted by Crippen LogP contribution is -1.91. The molecule has 0 aliphatic heterocycles. The molecule has 0 aliphatic carbocycles. The van der Waals surface area contributed by atoms with Crippen LogP contribution in [-0.4, -0.2) is 5.11 Å². The first-order valence-electron chi connectivity index (χ1n) is 5.49. The van der Waals surface area contributed by atoms with E-state index in [9.17, 15) is 5.11 Å². The van der Waals surface area contributed by atoms with Gasteiger partial charge in [-0.1, -0.05) is 48.0 Å². The third-order valence-electron chi connectivity index (χ3n) is 2.86. The second kappa shape index (κ2) is 4.50. The normalized spacial score (nSPS) is 10.4. The summed E-state index contributed by atoms with van der Waals surface area (Å²) in [6, 6.07) is 14.4. The molecular formula is C15H16O.